The second-order valence-electron chi connectivity index (χ2n) is 9.00. The Morgan fingerprint density at radius 1 is 0.686 bits per heavy atom. The highest BCUT2D eigenvalue weighted by molar-refractivity contribution is 5.96. The standard InChI is InChI=1S/C29H35N3O3/c1-20-12-14-25(15-13-20)35-17-16-32(18-26(33)30-28-21(2)8-6-9-22(28)3)19-27(34)31-29-23(4)10-7-11-24(29)5/h6-15H,16-19H2,1-5H3,(H,30,33)(H,31,34). The predicted molar refractivity (Wildman–Crippen MR) is 142 cm³/mol. The molecule has 0 aromatic heterocycles. The van der Waals surface area contributed by atoms with Crippen molar-refractivity contribution in [2.75, 3.05) is 36.9 Å². The zero-order valence-electron chi connectivity index (χ0n) is 21.3. The molecule has 0 bridgehead atoms. The Labute approximate surface area is 208 Å². The number of anilines is 2. The number of hydrogen-bond donors (Lipinski definition) is 2. The summed E-state index contributed by atoms with van der Waals surface area (Å²) in [6.45, 7) is 10.8. The smallest absolute Gasteiger partial charge is 0.238 e. The van der Waals surface area contributed by atoms with Crippen LogP contribution in [0.5, 0.6) is 5.75 Å². The summed E-state index contributed by atoms with van der Waals surface area (Å²) in [5.74, 6) is 0.422. The third-order valence-electron chi connectivity index (χ3n) is 5.92. The summed E-state index contributed by atoms with van der Waals surface area (Å²) in [6.07, 6.45) is 0. The van der Waals surface area contributed by atoms with E-state index in [1.165, 1.54) is 0 Å². The fraction of sp³-hybridized carbons (Fsp3) is 0.310. The summed E-state index contributed by atoms with van der Waals surface area (Å²) in [5, 5.41) is 6.02. The zero-order chi connectivity index (χ0) is 25.4. The van der Waals surface area contributed by atoms with E-state index in [1.54, 1.807) is 4.90 Å². The maximum absolute atomic E-state index is 12.9. The molecule has 0 spiro atoms. The largest absolute Gasteiger partial charge is 0.492 e. The van der Waals surface area contributed by atoms with E-state index >= 15 is 0 Å². The first-order valence-electron chi connectivity index (χ1n) is 11.9. The number of hydrogen-bond acceptors (Lipinski definition) is 4. The molecule has 0 radical (unpaired) electrons. The molecule has 0 heterocycles. The molecule has 0 fully saturated rings. The first-order valence-corrected chi connectivity index (χ1v) is 11.9. The quantitative estimate of drug-likeness (QED) is 0.425. The minimum atomic E-state index is -0.169. The molecule has 0 saturated heterocycles. The molecule has 0 atom stereocenters. The molecule has 6 heteroatoms. The Hall–Kier alpha value is -3.64. The van der Waals surface area contributed by atoms with Gasteiger partial charge in [0.1, 0.15) is 12.4 Å². The van der Waals surface area contributed by atoms with Crippen molar-refractivity contribution >= 4 is 23.2 Å². The summed E-state index contributed by atoms with van der Waals surface area (Å²) in [6, 6.07) is 19.6. The second-order valence-corrected chi connectivity index (χ2v) is 9.00. The van der Waals surface area contributed by atoms with Gasteiger partial charge in [-0.1, -0.05) is 54.1 Å². The average Bonchev–Trinajstić information content (AvgIpc) is 2.80. The molecular formula is C29H35N3O3. The molecule has 6 nitrogen and oxygen atoms in total. The predicted octanol–water partition coefficient (Wildman–Crippen LogP) is 5.19. The van der Waals surface area contributed by atoms with Crippen molar-refractivity contribution in [2.24, 2.45) is 0 Å². The van der Waals surface area contributed by atoms with Gasteiger partial charge in [0, 0.05) is 17.9 Å². The van der Waals surface area contributed by atoms with Crippen molar-refractivity contribution in [1.82, 2.24) is 4.90 Å². The lowest BCUT2D eigenvalue weighted by Gasteiger charge is -2.22. The molecule has 0 unspecified atom stereocenters. The van der Waals surface area contributed by atoms with Crippen LogP contribution in [0.1, 0.15) is 27.8 Å². The van der Waals surface area contributed by atoms with Gasteiger partial charge in [-0.25, -0.2) is 0 Å². The number of carbonyl (C=O) groups excluding carboxylic acids is 2. The van der Waals surface area contributed by atoms with Crippen LogP contribution in [0, 0.1) is 34.6 Å². The van der Waals surface area contributed by atoms with Gasteiger partial charge in [-0.05, 0) is 69.0 Å². The van der Waals surface area contributed by atoms with Gasteiger partial charge in [-0.3, -0.25) is 14.5 Å². The fourth-order valence-corrected chi connectivity index (χ4v) is 3.93. The van der Waals surface area contributed by atoms with E-state index in [0.29, 0.717) is 13.2 Å². The Kier molecular flexibility index (Phi) is 9.04. The van der Waals surface area contributed by atoms with E-state index in [0.717, 1.165) is 44.9 Å². The average molecular weight is 474 g/mol. The second kappa shape index (κ2) is 12.2. The van der Waals surface area contributed by atoms with E-state index in [-0.39, 0.29) is 24.9 Å². The van der Waals surface area contributed by atoms with Crippen LogP contribution in [-0.4, -0.2) is 43.0 Å². The number of benzene rings is 3. The number of nitrogens with one attached hydrogen (secondary N) is 2. The van der Waals surface area contributed by atoms with Gasteiger partial charge in [0.25, 0.3) is 0 Å². The topological polar surface area (TPSA) is 70.7 Å². The normalized spacial score (nSPS) is 10.8. The number of nitrogens with zero attached hydrogens (tertiary/aromatic N) is 1. The fourth-order valence-electron chi connectivity index (χ4n) is 3.93. The van der Waals surface area contributed by atoms with Gasteiger partial charge in [0.15, 0.2) is 0 Å². The highest BCUT2D eigenvalue weighted by atomic mass is 16.5. The number of aryl methyl sites for hydroxylation is 5. The van der Waals surface area contributed by atoms with Crippen LogP contribution in [0.2, 0.25) is 0 Å². The number of rotatable bonds is 10. The summed E-state index contributed by atoms with van der Waals surface area (Å²) >= 11 is 0. The lowest BCUT2D eigenvalue weighted by Crippen LogP contribution is -2.41. The molecule has 0 aliphatic carbocycles. The summed E-state index contributed by atoms with van der Waals surface area (Å²) < 4.78 is 5.86. The monoisotopic (exact) mass is 473 g/mol. The zero-order valence-corrected chi connectivity index (χ0v) is 21.3. The molecule has 35 heavy (non-hydrogen) atoms. The van der Waals surface area contributed by atoms with Crippen LogP contribution >= 0.6 is 0 Å². The Morgan fingerprint density at radius 2 is 1.11 bits per heavy atom. The molecule has 3 rings (SSSR count). The van der Waals surface area contributed by atoms with Crippen molar-refractivity contribution in [3.63, 3.8) is 0 Å². The first-order chi connectivity index (χ1) is 16.7. The Balaban J connectivity index is 1.67. The molecule has 2 N–H and O–H groups in total. The number of para-hydroxylation sites is 2. The van der Waals surface area contributed by atoms with Crippen molar-refractivity contribution in [2.45, 2.75) is 34.6 Å². The molecule has 0 aliphatic rings. The van der Waals surface area contributed by atoms with Crippen LogP contribution in [0.15, 0.2) is 60.7 Å². The highest BCUT2D eigenvalue weighted by Crippen LogP contribution is 2.20. The van der Waals surface area contributed by atoms with Crippen LogP contribution in [0.3, 0.4) is 0 Å². The molecule has 3 aromatic rings. The van der Waals surface area contributed by atoms with E-state index in [1.807, 2.05) is 95.3 Å². The molecule has 0 saturated carbocycles. The molecule has 184 valence electrons. The van der Waals surface area contributed by atoms with Crippen molar-refractivity contribution in [3.05, 3.63) is 88.5 Å². The van der Waals surface area contributed by atoms with Crippen LogP contribution in [0.25, 0.3) is 0 Å². The first kappa shape index (κ1) is 26.0. The lowest BCUT2D eigenvalue weighted by molar-refractivity contribution is -0.120. The number of amides is 2. The number of carbonyl (C=O) groups is 2. The van der Waals surface area contributed by atoms with Gasteiger partial charge < -0.3 is 15.4 Å². The Morgan fingerprint density at radius 3 is 1.54 bits per heavy atom. The SMILES string of the molecule is Cc1ccc(OCCN(CC(=O)Nc2c(C)cccc2C)CC(=O)Nc2c(C)cccc2C)cc1. The minimum absolute atomic E-state index is 0.0746. The van der Waals surface area contributed by atoms with Gasteiger partial charge in [0.05, 0.1) is 13.1 Å². The van der Waals surface area contributed by atoms with E-state index < -0.39 is 0 Å². The number of ether oxygens (including phenoxy) is 1. The molecular weight excluding hydrogens is 438 g/mol. The van der Waals surface area contributed by atoms with Crippen LogP contribution in [0.4, 0.5) is 11.4 Å². The Bertz CT molecular complexity index is 1060. The molecule has 2 amide bonds. The van der Waals surface area contributed by atoms with Crippen molar-refractivity contribution < 1.29 is 14.3 Å². The summed E-state index contributed by atoms with van der Waals surface area (Å²) in [5.41, 5.74) is 6.79. The van der Waals surface area contributed by atoms with Gasteiger partial charge in [-0.15, -0.1) is 0 Å². The lowest BCUT2D eigenvalue weighted by atomic mass is 10.1. The van der Waals surface area contributed by atoms with Gasteiger partial charge in [0.2, 0.25) is 11.8 Å². The van der Waals surface area contributed by atoms with Crippen LogP contribution in [-0.2, 0) is 9.59 Å². The summed E-state index contributed by atoms with van der Waals surface area (Å²) in [7, 11) is 0. The van der Waals surface area contributed by atoms with E-state index in [2.05, 4.69) is 10.6 Å². The minimum Gasteiger partial charge on any atom is -0.492 e. The van der Waals surface area contributed by atoms with E-state index in [4.69, 9.17) is 4.74 Å². The molecule has 3 aromatic carbocycles. The van der Waals surface area contributed by atoms with Crippen molar-refractivity contribution in [3.8, 4) is 5.75 Å². The van der Waals surface area contributed by atoms with Crippen molar-refractivity contribution in [1.29, 1.82) is 0 Å². The maximum atomic E-state index is 12.9. The van der Waals surface area contributed by atoms with Gasteiger partial charge in [-0.2, -0.15) is 0 Å². The third-order valence-corrected chi connectivity index (χ3v) is 5.92. The van der Waals surface area contributed by atoms with E-state index in [9.17, 15) is 9.59 Å². The third kappa shape index (κ3) is 7.69. The highest BCUT2D eigenvalue weighted by Gasteiger charge is 2.17. The van der Waals surface area contributed by atoms with Gasteiger partial charge >= 0.3 is 0 Å². The summed E-state index contributed by atoms with van der Waals surface area (Å²) in [4.78, 5) is 27.6. The molecule has 0 aliphatic heterocycles. The maximum Gasteiger partial charge on any atom is 0.238 e. The van der Waals surface area contributed by atoms with Crippen LogP contribution < -0.4 is 15.4 Å².